The van der Waals surface area contributed by atoms with Gasteiger partial charge in [-0.15, -0.1) is 0 Å². The number of carboxylic acids is 1. The molecule has 0 saturated carbocycles. The normalized spacial score (nSPS) is 35.9. The van der Waals surface area contributed by atoms with E-state index in [2.05, 4.69) is 0 Å². The van der Waals surface area contributed by atoms with E-state index in [9.17, 15) is 15.0 Å². The van der Waals surface area contributed by atoms with Crippen LogP contribution < -0.4 is 0 Å². The van der Waals surface area contributed by atoms with E-state index in [1.54, 1.807) is 27.7 Å². The van der Waals surface area contributed by atoms with Crippen molar-refractivity contribution in [3.05, 3.63) is 0 Å². The third-order valence-corrected chi connectivity index (χ3v) is 2.62. The summed E-state index contributed by atoms with van der Waals surface area (Å²) in [6.45, 7) is 6.84. The van der Waals surface area contributed by atoms with Crippen molar-refractivity contribution in [3.63, 3.8) is 0 Å². The van der Waals surface area contributed by atoms with Crippen molar-refractivity contribution in [1.29, 1.82) is 0 Å². The molecule has 0 aromatic heterocycles. The Morgan fingerprint density at radius 1 is 1.05 bits per heavy atom. The number of hydrogen-bond acceptors (Lipinski definition) is 6. The van der Waals surface area contributed by atoms with E-state index in [1.807, 2.05) is 0 Å². The van der Waals surface area contributed by atoms with Gasteiger partial charge in [-0.25, -0.2) is 4.79 Å². The van der Waals surface area contributed by atoms with Crippen LogP contribution in [-0.2, 0) is 19.0 Å². The van der Waals surface area contributed by atoms with Crippen LogP contribution in [0.5, 0.6) is 0 Å². The molecule has 1 aliphatic heterocycles. The summed E-state index contributed by atoms with van der Waals surface area (Å²) >= 11 is 0. The molecule has 1 aliphatic rings. The SMILES string of the molecule is CC(C)O[C@H]1C(C(=O)O)O[C@H](OC(C)C)[C@@H](O)C1O. The highest BCUT2D eigenvalue weighted by Crippen LogP contribution is 2.26. The molecule has 2 unspecified atom stereocenters. The molecule has 1 rings (SSSR count). The van der Waals surface area contributed by atoms with Crippen molar-refractivity contribution in [2.75, 3.05) is 0 Å². The third kappa shape index (κ3) is 4.12. The lowest BCUT2D eigenvalue weighted by Crippen LogP contribution is -2.61. The molecule has 5 atom stereocenters. The van der Waals surface area contributed by atoms with Gasteiger partial charge in [0.15, 0.2) is 12.4 Å². The number of aliphatic carboxylic acids is 1. The largest absolute Gasteiger partial charge is 0.479 e. The maximum Gasteiger partial charge on any atom is 0.335 e. The number of carbonyl (C=O) groups is 1. The molecule has 3 N–H and O–H groups in total. The maximum absolute atomic E-state index is 11.2. The van der Waals surface area contributed by atoms with Crippen LogP contribution in [0.25, 0.3) is 0 Å². The number of carboxylic acid groups (broad SMARTS) is 1. The Bertz CT molecular complexity index is 304. The molecule has 0 amide bonds. The van der Waals surface area contributed by atoms with Gasteiger partial charge in [0.05, 0.1) is 12.2 Å². The van der Waals surface area contributed by atoms with E-state index >= 15 is 0 Å². The van der Waals surface area contributed by atoms with Crippen molar-refractivity contribution >= 4 is 5.97 Å². The molecule has 7 heteroatoms. The number of aliphatic hydroxyl groups excluding tert-OH is 2. The Morgan fingerprint density at radius 2 is 1.58 bits per heavy atom. The van der Waals surface area contributed by atoms with Crippen LogP contribution >= 0.6 is 0 Å². The van der Waals surface area contributed by atoms with Gasteiger partial charge in [-0.2, -0.15) is 0 Å². The lowest BCUT2D eigenvalue weighted by molar-refractivity contribution is -0.310. The summed E-state index contributed by atoms with van der Waals surface area (Å²) in [4.78, 5) is 11.2. The number of aliphatic hydroxyl groups is 2. The summed E-state index contributed by atoms with van der Waals surface area (Å²) in [5.41, 5.74) is 0. The molecule has 1 fully saturated rings. The van der Waals surface area contributed by atoms with Crippen LogP contribution in [-0.4, -0.2) is 64.2 Å². The zero-order valence-electron chi connectivity index (χ0n) is 11.5. The van der Waals surface area contributed by atoms with Crippen LogP contribution in [0.15, 0.2) is 0 Å². The van der Waals surface area contributed by atoms with Crippen LogP contribution in [0, 0.1) is 0 Å². The molecule has 112 valence electrons. The highest BCUT2D eigenvalue weighted by atomic mass is 16.7. The van der Waals surface area contributed by atoms with Crippen molar-refractivity contribution in [1.82, 2.24) is 0 Å². The van der Waals surface area contributed by atoms with E-state index in [0.29, 0.717) is 0 Å². The summed E-state index contributed by atoms with van der Waals surface area (Å²) in [5, 5.41) is 29.0. The zero-order chi connectivity index (χ0) is 14.7. The number of hydrogen-bond donors (Lipinski definition) is 3. The molecule has 0 bridgehead atoms. The van der Waals surface area contributed by atoms with Crippen LogP contribution in [0.1, 0.15) is 27.7 Å². The first-order valence-corrected chi connectivity index (χ1v) is 6.29. The van der Waals surface area contributed by atoms with Crippen LogP contribution in [0.3, 0.4) is 0 Å². The molecule has 0 aromatic rings. The summed E-state index contributed by atoms with van der Waals surface area (Å²) in [7, 11) is 0. The summed E-state index contributed by atoms with van der Waals surface area (Å²) in [6.07, 6.45) is -7.04. The average molecular weight is 278 g/mol. The predicted octanol–water partition coefficient (Wildman–Crippen LogP) is -0.264. The number of rotatable bonds is 5. The van der Waals surface area contributed by atoms with E-state index < -0.39 is 36.7 Å². The Labute approximate surface area is 112 Å². The minimum absolute atomic E-state index is 0.274. The second-order valence-electron chi connectivity index (χ2n) is 5.08. The van der Waals surface area contributed by atoms with Gasteiger partial charge in [0.1, 0.15) is 18.3 Å². The Hall–Kier alpha value is -0.730. The first kappa shape index (κ1) is 16.3. The fourth-order valence-corrected chi connectivity index (χ4v) is 1.88. The van der Waals surface area contributed by atoms with Gasteiger partial charge in [-0.05, 0) is 27.7 Å². The first-order chi connectivity index (χ1) is 8.73. The summed E-state index contributed by atoms with van der Waals surface area (Å²) in [5.74, 6) is -1.27. The lowest BCUT2D eigenvalue weighted by atomic mass is 9.98. The minimum Gasteiger partial charge on any atom is -0.479 e. The van der Waals surface area contributed by atoms with Gasteiger partial charge in [0.25, 0.3) is 0 Å². The molecule has 0 spiro atoms. The summed E-state index contributed by atoms with van der Waals surface area (Å²) < 4.78 is 15.8. The Kier molecular flexibility index (Phi) is 5.69. The van der Waals surface area contributed by atoms with Crippen molar-refractivity contribution in [2.45, 2.75) is 70.6 Å². The van der Waals surface area contributed by atoms with Crippen LogP contribution in [0.2, 0.25) is 0 Å². The highest BCUT2D eigenvalue weighted by molar-refractivity contribution is 5.73. The molecular weight excluding hydrogens is 256 g/mol. The van der Waals surface area contributed by atoms with Gasteiger partial charge >= 0.3 is 5.97 Å². The predicted molar refractivity (Wildman–Crippen MR) is 64.5 cm³/mol. The van der Waals surface area contributed by atoms with E-state index in [-0.39, 0.29) is 12.2 Å². The number of ether oxygens (including phenoxy) is 3. The smallest absolute Gasteiger partial charge is 0.335 e. The average Bonchev–Trinajstić information content (AvgIpc) is 2.27. The van der Waals surface area contributed by atoms with Crippen molar-refractivity contribution in [2.24, 2.45) is 0 Å². The first-order valence-electron chi connectivity index (χ1n) is 6.29. The lowest BCUT2D eigenvalue weighted by Gasteiger charge is -2.41. The van der Waals surface area contributed by atoms with Crippen LogP contribution in [0.4, 0.5) is 0 Å². The van der Waals surface area contributed by atoms with Gasteiger partial charge in [-0.3, -0.25) is 0 Å². The standard InChI is InChI=1S/C12H22O7/c1-5(2)17-9-7(13)8(14)12(18-6(3)4)19-10(9)11(15)16/h5-10,12-14H,1-4H3,(H,15,16)/t7?,8-,9+,10?,12-/m0/s1. The molecule has 1 heterocycles. The van der Waals surface area contributed by atoms with Gasteiger partial charge in [0.2, 0.25) is 0 Å². The van der Waals surface area contributed by atoms with E-state index in [4.69, 9.17) is 19.3 Å². The van der Waals surface area contributed by atoms with Gasteiger partial charge in [-0.1, -0.05) is 0 Å². The third-order valence-electron chi connectivity index (χ3n) is 2.62. The molecule has 1 saturated heterocycles. The fourth-order valence-electron chi connectivity index (χ4n) is 1.88. The topological polar surface area (TPSA) is 105 Å². The molecular formula is C12H22O7. The quantitative estimate of drug-likeness (QED) is 0.636. The molecule has 7 nitrogen and oxygen atoms in total. The van der Waals surface area contributed by atoms with E-state index in [1.165, 1.54) is 0 Å². The molecule has 0 aliphatic carbocycles. The second-order valence-corrected chi connectivity index (χ2v) is 5.08. The van der Waals surface area contributed by atoms with Crippen molar-refractivity contribution in [3.8, 4) is 0 Å². The highest BCUT2D eigenvalue weighted by Gasteiger charge is 2.49. The second kappa shape index (κ2) is 6.62. The Balaban J connectivity index is 2.87. The van der Waals surface area contributed by atoms with Crippen molar-refractivity contribution < 1.29 is 34.3 Å². The molecule has 19 heavy (non-hydrogen) atoms. The fraction of sp³-hybridized carbons (Fsp3) is 0.917. The Morgan fingerprint density at radius 3 is 2.00 bits per heavy atom. The summed E-state index contributed by atoms with van der Waals surface area (Å²) in [6, 6.07) is 0. The van der Waals surface area contributed by atoms with E-state index in [0.717, 1.165) is 0 Å². The van der Waals surface area contributed by atoms with Gasteiger partial charge in [0, 0.05) is 0 Å². The molecule has 0 aromatic carbocycles. The van der Waals surface area contributed by atoms with Gasteiger partial charge < -0.3 is 29.5 Å². The maximum atomic E-state index is 11.2. The monoisotopic (exact) mass is 278 g/mol. The zero-order valence-corrected chi connectivity index (χ0v) is 11.5. The molecule has 0 radical (unpaired) electrons. The minimum atomic E-state index is -1.39.